The fraction of sp³-hybridized carbons (Fsp3) is 0.364. The molecule has 4 aliphatic carbocycles. The topological polar surface area (TPSA) is 0 Å². The first-order valence-corrected chi connectivity index (χ1v) is 18.1. The molecule has 3 heteroatoms. The van der Waals surface area contributed by atoms with Crippen LogP contribution in [0.1, 0.15) is 118 Å². The maximum absolute atomic E-state index is 3.65. The van der Waals surface area contributed by atoms with Crippen LogP contribution in [0.4, 0.5) is 0 Å². The molecule has 0 bridgehead atoms. The molecule has 47 heavy (non-hydrogen) atoms. The molecule has 244 valence electrons. The van der Waals surface area contributed by atoms with Crippen LogP contribution in [0.5, 0.6) is 0 Å². The first kappa shape index (κ1) is 37.6. The van der Waals surface area contributed by atoms with Crippen LogP contribution in [0.25, 0.3) is 33.4 Å². The van der Waals surface area contributed by atoms with Gasteiger partial charge in [0.2, 0.25) is 0 Å². The van der Waals surface area contributed by atoms with Gasteiger partial charge in [-0.3, -0.25) is 6.08 Å². The van der Waals surface area contributed by atoms with Gasteiger partial charge in [-0.15, -0.1) is 11.6 Å². The van der Waals surface area contributed by atoms with Gasteiger partial charge in [-0.05, 0) is 58.4 Å². The summed E-state index contributed by atoms with van der Waals surface area (Å²) >= 11 is 1.69. The Labute approximate surface area is 311 Å². The molecule has 1 saturated carbocycles. The third kappa shape index (κ3) is 7.69. The van der Waals surface area contributed by atoms with Crippen LogP contribution in [0.2, 0.25) is 0 Å². The first-order chi connectivity index (χ1) is 21.3. The van der Waals surface area contributed by atoms with Gasteiger partial charge < -0.3 is 24.8 Å². The summed E-state index contributed by atoms with van der Waals surface area (Å²) in [6, 6.07) is 24.8. The first-order valence-electron chi connectivity index (χ1n) is 16.9. The predicted molar refractivity (Wildman–Crippen MR) is 192 cm³/mol. The van der Waals surface area contributed by atoms with E-state index in [-0.39, 0.29) is 35.6 Å². The van der Waals surface area contributed by atoms with Gasteiger partial charge in [0, 0.05) is 5.41 Å². The van der Waals surface area contributed by atoms with Crippen molar-refractivity contribution in [3.05, 3.63) is 123 Å². The number of aryl methyl sites for hydroxylation is 2. The molecule has 0 N–H and O–H groups in total. The van der Waals surface area contributed by atoms with E-state index in [1.54, 1.807) is 27.4 Å². The van der Waals surface area contributed by atoms with Crippen LogP contribution in [-0.2, 0) is 41.5 Å². The summed E-state index contributed by atoms with van der Waals surface area (Å²) in [5, 5.41) is 0. The van der Waals surface area contributed by atoms with E-state index >= 15 is 0 Å². The molecule has 0 spiro atoms. The van der Waals surface area contributed by atoms with Crippen LogP contribution in [0.3, 0.4) is 0 Å². The monoisotopic (exact) mass is 736 g/mol. The third-order valence-corrected chi connectivity index (χ3v) is 11.4. The van der Waals surface area contributed by atoms with E-state index in [0.717, 1.165) is 6.42 Å². The van der Waals surface area contributed by atoms with Crippen molar-refractivity contribution in [2.45, 2.75) is 105 Å². The summed E-state index contributed by atoms with van der Waals surface area (Å²) in [7, 11) is 0. The molecule has 4 aromatic carbocycles. The summed E-state index contributed by atoms with van der Waals surface area (Å²) in [6.07, 6.45) is 14.4. The van der Waals surface area contributed by atoms with Gasteiger partial charge in [0.15, 0.2) is 0 Å². The summed E-state index contributed by atoms with van der Waals surface area (Å²) in [5.41, 5.74) is 19.9. The van der Waals surface area contributed by atoms with Gasteiger partial charge in [0.25, 0.3) is 0 Å². The van der Waals surface area contributed by atoms with E-state index in [2.05, 4.69) is 134 Å². The van der Waals surface area contributed by atoms with E-state index in [0.29, 0.717) is 0 Å². The summed E-state index contributed by atoms with van der Waals surface area (Å²) in [4.78, 5) is 0. The van der Waals surface area contributed by atoms with Crippen molar-refractivity contribution in [1.82, 2.24) is 0 Å². The minimum atomic E-state index is 0. The molecule has 1 fully saturated rings. The quantitative estimate of drug-likeness (QED) is 0.191. The van der Waals surface area contributed by atoms with E-state index < -0.39 is 0 Å². The Morgan fingerprint density at radius 1 is 0.681 bits per heavy atom. The fourth-order valence-corrected chi connectivity index (χ4v) is 8.85. The van der Waals surface area contributed by atoms with Crippen molar-refractivity contribution in [3.63, 3.8) is 0 Å². The molecule has 0 heterocycles. The Bertz CT molecular complexity index is 1750. The summed E-state index contributed by atoms with van der Waals surface area (Å²) < 4.78 is 1.80. The van der Waals surface area contributed by atoms with Crippen molar-refractivity contribution in [2.75, 3.05) is 0 Å². The molecule has 4 aliphatic rings. The molecular weight excluding hydrogens is 691 g/mol. The molecule has 0 nitrogen and oxygen atoms in total. The van der Waals surface area contributed by atoms with E-state index in [1.807, 2.05) is 0 Å². The van der Waals surface area contributed by atoms with Crippen molar-refractivity contribution >= 4 is 14.4 Å². The average molecular weight is 739 g/mol. The second kappa shape index (κ2) is 14.7. The van der Waals surface area contributed by atoms with Crippen molar-refractivity contribution < 1.29 is 49.0 Å². The van der Waals surface area contributed by atoms with Crippen molar-refractivity contribution in [2.24, 2.45) is 0 Å². The van der Waals surface area contributed by atoms with Crippen LogP contribution in [-0.4, -0.2) is 3.21 Å². The Balaban J connectivity index is 0.000000190. The standard InChI is InChI=1S/C25H25.C13H13.C6H10.2ClH.Zr/c1-14-12-24(3,4)22-8-16-7-17-9-23-19(15(2)13-25(23,5)6)11-21(17)20(16)10-18(14)22;1-10-8-11(2)13(9-10)12-6-4-3-5-7-12;1-2-4-6-5-3-1;;;/h8-12H,7H2,1-6H3;3-9H,1-2H3;1-5H2;2*1H;/q2*-1;;;;+2/p-2. The summed E-state index contributed by atoms with van der Waals surface area (Å²) in [6.45, 7) is 18.0. The number of hydrogen-bond donors (Lipinski definition) is 0. The number of halogens is 2. The Kier molecular flexibility index (Phi) is 11.8. The number of fused-ring (bicyclic) bond motifs is 5. The van der Waals surface area contributed by atoms with Crippen LogP contribution < -0.4 is 24.8 Å². The van der Waals surface area contributed by atoms with Gasteiger partial charge in [0.1, 0.15) is 0 Å². The van der Waals surface area contributed by atoms with Crippen molar-refractivity contribution in [3.8, 4) is 22.3 Å². The predicted octanol–water partition coefficient (Wildman–Crippen LogP) is 5.82. The van der Waals surface area contributed by atoms with Gasteiger partial charge in [0.05, 0.1) is 0 Å². The molecule has 0 aliphatic heterocycles. The molecule has 8 rings (SSSR count). The van der Waals surface area contributed by atoms with Gasteiger partial charge in [-0.2, -0.15) is 28.3 Å². The number of benzene rings is 3. The molecule has 4 aromatic rings. The maximum atomic E-state index is 3.65. The van der Waals surface area contributed by atoms with Gasteiger partial charge >= 0.3 is 59.5 Å². The number of hydrogen-bond acceptors (Lipinski definition) is 0. The molecule has 0 saturated heterocycles. The van der Waals surface area contributed by atoms with Gasteiger partial charge in [-0.1, -0.05) is 108 Å². The van der Waals surface area contributed by atoms with E-state index in [4.69, 9.17) is 0 Å². The zero-order valence-electron chi connectivity index (χ0n) is 29.4. The Morgan fingerprint density at radius 3 is 1.83 bits per heavy atom. The third-order valence-electron chi connectivity index (χ3n) is 10.2. The fourth-order valence-electron chi connectivity index (χ4n) is 7.98. The molecule has 0 amide bonds. The second-order valence-corrected chi connectivity index (χ2v) is 16.6. The molecule has 0 atom stereocenters. The average Bonchev–Trinajstić information content (AvgIpc) is 3.66. The van der Waals surface area contributed by atoms with Crippen LogP contribution >= 0.6 is 0 Å². The number of rotatable bonds is 1. The Morgan fingerprint density at radius 2 is 1.28 bits per heavy atom. The normalized spacial score (nSPS) is 17.2. The number of allylic oxidation sites excluding steroid dienone is 4. The minimum absolute atomic E-state index is 0. The Hall–Kier alpha value is -2.18. The molecule has 0 unspecified atom stereocenters. The van der Waals surface area contributed by atoms with E-state index in [1.165, 1.54) is 110 Å². The molecular formula is C44H48Cl2Zr-2. The molecule has 0 radical (unpaired) electrons. The zero-order valence-corrected chi connectivity index (χ0v) is 33.4. The van der Waals surface area contributed by atoms with Crippen LogP contribution in [0.15, 0.2) is 72.8 Å². The van der Waals surface area contributed by atoms with Gasteiger partial charge in [-0.25, -0.2) is 11.6 Å². The SMILES string of the molecule is CC1=[C-]C(C)(C)c2cc3c(cc21)-c1cc2c(cc1C3)C(C)(C)C=C2C.Cc1cc(-c2ccccc2)c(C)[cH-]1.[Cl-].[Cl-].[Zr+2]=[C]1CCCCC1. The van der Waals surface area contributed by atoms with Crippen molar-refractivity contribution in [1.29, 1.82) is 0 Å². The zero-order chi connectivity index (χ0) is 32.1. The van der Waals surface area contributed by atoms with Crippen LogP contribution in [0, 0.1) is 19.9 Å². The second-order valence-electron chi connectivity index (χ2n) is 14.9. The summed E-state index contributed by atoms with van der Waals surface area (Å²) in [5.74, 6) is 0. The molecule has 0 aromatic heterocycles. The van der Waals surface area contributed by atoms with E-state index in [9.17, 15) is 0 Å².